The molecular weight excluding hydrogens is 714 g/mol. The fourth-order valence-electron chi connectivity index (χ4n) is 5.95. The van der Waals surface area contributed by atoms with E-state index in [0.29, 0.717) is 29.6 Å². The molecule has 0 aliphatic carbocycles. The number of carbonyl (C=O) groups excluding carboxylic acids is 3. The highest BCUT2D eigenvalue weighted by molar-refractivity contribution is 7.62. The SMILES string of the molecule is CCOP1(=O)CCN(Cc2ccccc2-c2cc(Cl)ccc2Cl)CC1(CCCCN(C(=O)OC(C)(C)C)C(=O)OC(C)(C)C)C(=O)OC(C)(C)C. The first-order chi connectivity index (χ1) is 23.5. The second-order valence-corrected chi connectivity index (χ2v) is 19.7. The van der Waals surface area contributed by atoms with E-state index in [1.54, 1.807) is 81.4 Å². The van der Waals surface area contributed by atoms with E-state index in [-0.39, 0.29) is 38.7 Å². The molecule has 0 bridgehead atoms. The van der Waals surface area contributed by atoms with Crippen molar-refractivity contribution in [2.24, 2.45) is 0 Å². The van der Waals surface area contributed by atoms with Crippen LogP contribution in [0.25, 0.3) is 11.1 Å². The quantitative estimate of drug-likeness (QED) is 0.0954. The molecule has 2 atom stereocenters. The number of halogens is 2. The van der Waals surface area contributed by atoms with Crippen LogP contribution >= 0.6 is 30.6 Å². The Labute approximate surface area is 313 Å². The maximum atomic E-state index is 14.9. The van der Waals surface area contributed by atoms with E-state index in [9.17, 15) is 18.9 Å². The molecule has 1 aliphatic rings. The Balaban J connectivity index is 1.97. The number of carbonyl (C=O) groups is 3. The molecule has 51 heavy (non-hydrogen) atoms. The van der Waals surface area contributed by atoms with Gasteiger partial charge in [-0.15, -0.1) is 0 Å². The summed E-state index contributed by atoms with van der Waals surface area (Å²) < 4.78 is 38.0. The van der Waals surface area contributed by atoms with Gasteiger partial charge >= 0.3 is 18.2 Å². The third kappa shape index (κ3) is 11.9. The van der Waals surface area contributed by atoms with E-state index >= 15 is 0 Å². The van der Waals surface area contributed by atoms with Crippen LogP contribution in [0.15, 0.2) is 42.5 Å². The monoisotopic (exact) mass is 768 g/mol. The molecule has 1 aliphatic heterocycles. The predicted octanol–water partition coefficient (Wildman–Crippen LogP) is 10.2. The second kappa shape index (κ2) is 17.0. The van der Waals surface area contributed by atoms with E-state index in [0.717, 1.165) is 21.6 Å². The molecule has 0 saturated carbocycles. The summed E-state index contributed by atoms with van der Waals surface area (Å²) in [5, 5.41) is -0.401. The molecule has 2 aromatic carbocycles. The summed E-state index contributed by atoms with van der Waals surface area (Å²) in [7, 11) is -3.63. The zero-order chi connectivity index (χ0) is 38.4. The Kier molecular flexibility index (Phi) is 14.3. The van der Waals surface area contributed by atoms with Gasteiger partial charge in [0.15, 0.2) is 5.16 Å². The van der Waals surface area contributed by atoms with E-state index in [1.807, 2.05) is 30.3 Å². The number of rotatable bonds is 11. The molecular formula is C38H55Cl2N2O8P. The summed E-state index contributed by atoms with van der Waals surface area (Å²) in [6.45, 7) is 18.4. The second-order valence-electron chi connectivity index (χ2n) is 15.9. The third-order valence-electron chi connectivity index (χ3n) is 8.04. The molecule has 10 nitrogen and oxygen atoms in total. The van der Waals surface area contributed by atoms with Crippen molar-refractivity contribution in [1.29, 1.82) is 0 Å². The minimum Gasteiger partial charge on any atom is -0.459 e. The topological polar surface area (TPSA) is 112 Å². The summed E-state index contributed by atoms with van der Waals surface area (Å²) in [5.74, 6) is -0.598. The molecule has 0 spiro atoms. The van der Waals surface area contributed by atoms with Crippen LogP contribution in [0.3, 0.4) is 0 Å². The number of nitrogens with zero attached hydrogens (tertiary/aromatic N) is 2. The Morgan fingerprint density at radius 3 is 2.00 bits per heavy atom. The average Bonchev–Trinajstić information content (AvgIpc) is 2.97. The fraction of sp³-hybridized carbons (Fsp3) is 0.605. The van der Waals surface area contributed by atoms with Gasteiger partial charge in [-0.25, -0.2) is 14.5 Å². The van der Waals surface area contributed by atoms with Gasteiger partial charge in [0, 0.05) is 47.9 Å². The molecule has 284 valence electrons. The van der Waals surface area contributed by atoms with Crippen LogP contribution in [-0.2, 0) is 34.6 Å². The van der Waals surface area contributed by atoms with Crippen LogP contribution in [0.5, 0.6) is 0 Å². The van der Waals surface area contributed by atoms with Gasteiger partial charge in [0.05, 0.1) is 6.61 Å². The lowest BCUT2D eigenvalue weighted by molar-refractivity contribution is -0.160. The van der Waals surface area contributed by atoms with Crippen molar-refractivity contribution in [1.82, 2.24) is 9.80 Å². The molecule has 2 amide bonds. The normalized spacial score (nSPS) is 20.1. The number of hydrogen-bond acceptors (Lipinski definition) is 9. The molecule has 3 rings (SSSR count). The number of ether oxygens (including phenoxy) is 3. The predicted molar refractivity (Wildman–Crippen MR) is 203 cm³/mol. The van der Waals surface area contributed by atoms with Crippen LogP contribution in [0.2, 0.25) is 10.0 Å². The largest absolute Gasteiger partial charge is 0.459 e. The minimum atomic E-state index is -3.63. The lowest BCUT2D eigenvalue weighted by Crippen LogP contribution is -2.56. The first kappa shape index (κ1) is 42.8. The molecule has 1 heterocycles. The molecule has 2 unspecified atom stereocenters. The van der Waals surface area contributed by atoms with E-state index in [4.69, 9.17) is 41.9 Å². The molecule has 2 aromatic rings. The van der Waals surface area contributed by atoms with Crippen molar-refractivity contribution in [3.05, 3.63) is 58.1 Å². The number of benzene rings is 2. The first-order valence-electron chi connectivity index (χ1n) is 17.5. The first-order valence-corrected chi connectivity index (χ1v) is 20.0. The van der Waals surface area contributed by atoms with Gasteiger partial charge in [0.25, 0.3) is 0 Å². The van der Waals surface area contributed by atoms with Crippen molar-refractivity contribution in [2.45, 2.75) is 117 Å². The average molecular weight is 770 g/mol. The van der Waals surface area contributed by atoms with Gasteiger partial charge in [-0.05, 0) is 118 Å². The van der Waals surface area contributed by atoms with Crippen molar-refractivity contribution in [3.63, 3.8) is 0 Å². The molecule has 0 aromatic heterocycles. The van der Waals surface area contributed by atoms with Gasteiger partial charge in [-0.1, -0.05) is 47.5 Å². The maximum Gasteiger partial charge on any atom is 0.419 e. The Bertz CT molecular complexity index is 1570. The number of hydrogen-bond donors (Lipinski definition) is 0. The molecule has 13 heteroatoms. The highest BCUT2D eigenvalue weighted by atomic mass is 35.5. The molecule has 1 fully saturated rings. The summed E-state index contributed by atoms with van der Waals surface area (Å²) >= 11 is 13.0. The highest BCUT2D eigenvalue weighted by Crippen LogP contribution is 2.64. The van der Waals surface area contributed by atoms with Crippen molar-refractivity contribution >= 4 is 48.7 Å². The Morgan fingerprint density at radius 2 is 1.43 bits per heavy atom. The van der Waals surface area contributed by atoms with E-state index in [2.05, 4.69) is 4.90 Å². The van der Waals surface area contributed by atoms with Gasteiger partial charge in [0.1, 0.15) is 16.8 Å². The van der Waals surface area contributed by atoms with Crippen molar-refractivity contribution < 1.29 is 37.7 Å². The Morgan fingerprint density at radius 1 is 0.843 bits per heavy atom. The van der Waals surface area contributed by atoms with Gasteiger partial charge in [0.2, 0.25) is 7.37 Å². The molecule has 0 radical (unpaired) electrons. The lowest BCUT2D eigenvalue weighted by Gasteiger charge is -2.46. The van der Waals surface area contributed by atoms with Crippen LogP contribution in [0, 0.1) is 0 Å². The third-order valence-corrected chi connectivity index (χ3v) is 11.9. The molecule has 1 saturated heterocycles. The van der Waals surface area contributed by atoms with Crippen LogP contribution in [0.4, 0.5) is 9.59 Å². The van der Waals surface area contributed by atoms with E-state index < -0.39 is 47.5 Å². The maximum absolute atomic E-state index is 14.9. The van der Waals surface area contributed by atoms with Gasteiger partial charge < -0.3 is 18.7 Å². The van der Waals surface area contributed by atoms with Crippen LogP contribution in [-0.4, -0.2) is 82.3 Å². The Hall–Kier alpha value is -2.62. The summed E-state index contributed by atoms with van der Waals surface area (Å²) in [4.78, 5) is 43.6. The summed E-state index contributed by atoms with van der Waals surface area (Å²) in [5.41, 5.74) is 0.0993. The standard InChI is InChI=1S/C38H55Cl2N2O8P/c1-11-47-51(46)23-22-41(25-27-16-12-13-17-29(27)30-24-28(39)18-19-31(30)40)26-38(51,32(43)48-35(2,3)4)20-14-15-21-42(33(44)49-36(5,6)7)34(45)50-37(8,9)10/h12-13,16-19,24H,11,14-15,20-23,25-26H2,1-10H3. The zero-order valence-electron chi connectivity index (χ0n) is 31.8. The highest BCUT2D eigenvalue weighted by Gasteiger charge is 2.59. The number of amides is 2. The minimum absolute atomic E-state index is 0.0371. The number of unbranched alkanes of at least 4 members (excludes halogenated alkanes) is 1. The lowest BCUT2D eigenvalue weighted by atomic mass is 9.96. The van der Waals surface area contributed by atoms with Gasteiger partial charge in [-0.3, -0.25) is 14.3 Å². The molecule has 0 N–H and O–H groups in total. The van der Waals surface area contributed by atoms with E-state index in [1.165, 1.54) is 0 Å². The zero-order valence-corrected chi connectivity index (χ0v) is 34.2. The van der Waals surface area contributed by atoms with Crippen molar-refractivity contribution in [2.75, 3.05) is 32.4 Å². The summed E-state index contributed by atoms with van der Waals surface area (Å²) in [6.07, 6.45) is -0.788. The van der Waals surface area contributed by atoms with Gasteiger partial charge in [-0.2, -0.15) is 0 Å². The van der Waals surface area contributed by atoms with Crippen molar-refractivity contribution in [3.8, 4) is 11.1 Å². The smallest absolute Gasteiger partial charge is 0.419 e. The van der Waals surface area contributed by atoms with Crippen LogP contribution < -0.4 is 0 Å². The van der Waals surface area contributed by atoms with Crippen LogP contribution in [0.1, 0.15) is 94.1 Å². The summed E-state index contributed by atoms with van der Waals surface area (Å²) in [6, 6.07) is 13.2. The fourth-order valence-corrected chi connectivity index (χ4v) is 9.34. The number of esters is 1. The number of imide groups is 1.